The van der Waals surface area contributed by atoms with E-state index in [1.807, 2.05) is 36.4 Å². The van der Waals surface area contributed by atoms with Gasteiger partial charge in [0, 0.05) is 28.6 Å². The first-order valence-corrected chi connectivity index (χ1v) is 9.84. The molecule has 3 nitrogen and oxygen atoms in total. The van der Waals surface area contributed by atoms with Crippen molar-refractivity contribution in [3.8, 4) is 0 Å². The van der Waals surface area contributed by atoms with Crippen molar-refractivity contribution in [2.24, 2.45) is 5.92 Å². The Labute approximate surface area is 167 Å². The Balaban J connectivity index is 1.87. The number of esters is 1. The zero-order chi connectivity index (χ0) is 19.8. The second-order valence-electron chi connectivity index (χ2n) is 8.15. The van der Waals surface area contributed by atoms with Gasteiger partial charge in [-0.2, -0.15) is 0 Å². The van der Waals surface area contributed by atoms with Gasteiger partial charge in [0.25, 0.3) is 0 Å². The molecule has 1 aliphatic heterocycles. The molecule has 4 heteroatoms. The van der Waals surface area contributed by atoms with E-state index in [4.69, 9.17) is 16.3 Å². The maximum absolute atomic E-state index is 11.7. The normalized spacial score (nSPS) is 21.7. The Morgan fingerprint density at radius 3 is 2.22 bits per heavy atom. The molecule has 0 amide bonds. The summed E-state index contributed by atoms with van der Waals surface area (Å²) in [5, 5.41) is 0.767. The molecule has 1 aliphatic rings. The van der Waals surface area contributed by atoms with Crippen LogP contribution < -0.4 is 0 Å². The monoisotopic (exact) mass is 385 g/mol. The first-order valence-electron chi connectivity index (χ1n) is 9.47. The molecule has 0 aliphatic carbocycles. The van der Waals surface area contributed by atoms with Crippen molar-refractivity contribution in [2.45, 2.75) is 51.7 Å². The number of carbonyl (C=O) groups excluding carboxylic acids is 1. The van der Waals surface area contributed by atoms with E-state index in [1.54, 1.807) is 0 Å². The van der Waals surface area contributed by atoms with Gasteiger partial charge in [-0.05, 0) is 69.5 Å². The Kier molecular flexibility index (Phi) is 5.64. The molecule has 27 heavy (non-hydrogen) atoms. The molecule has 2 unspecified atom stereocenters. The second kappa shape index (κ2) is 7.65. The third kappa shape index (κ3) is 3.76. The summed E-state index contributed by atoms with van der Waals surface area (Å²) in [5.41, 5.74) is 3.23. The van der Waals surface area contributed by atoms with Crippen molar-refractivity contribution in [3.05, 3.63) is 70.2 Å². The summed E-state index contributed by atoms with van der Waals surface area (Å²) >= 11 is 6.10. The lowest BCUT2D eigenvalue weighted by Gasteiger charge is -2.64. The maximum atomic E-state index is 11.7. The molecule has 2 aromatic rings. The number of likely N-dealkylation sites (tertiary alicyclic amines) is 1. The number of nitrogens with zero attached hydrogens (tertiary/aromatic N) is 1. The lowest BCUT2D eigenvalue weighted by Crippen LogP contribution is -2.68. The number of hydrogen-bond acceptors (Lipinski definition) is 3. The molecule has 0 bridgehead atoms. The Morgan fingerprint density at radius 1 is 1.11 bits per heavy atom. The summed E-state index contributed by atoms with van der Waals surface area (Å²) in [6, 6.07) is 16.8. The van der Waals surface area contributed by atoms with E-state index in [1.165, 1.54) is 18.2 Å². The molecule has 1 fully saturated rings. The van der Waals surface area contributed by atoms with E-state index in [0.717, 1.165) is 11.4 Å². The lowest BCUT2D eigenvalue weighted by molar-refractivity contribution is -0.141. The molecule has 0 aromatic heterocycles. The number of benzene rings is 2. The van der Waals surface area contributed by atoms with Gasteiger partial charge in [-0.3, -0.25) is 4.90 Å². The number of carbonyl (C=O) groups is 1. The predicted octanol–water partition coefficient (Wildman–Crippen LogP) is 5.53. The van der Waals surface area contributed by atoms with Crippen molar-refractivity contribution in [2.75, 3.05) is 7.11 Å². The summed E-state index contributed by atoms with van der Waals surface area (Å²) in [4.78, 5) is 14.2. The highest BCUT2D eigenvalue weighted by atomic mass is 35.5. The highest BCUT2D eigenvalue weighted by molar-refractivity contribution is 6.30. The van der Waals surface area contributed by atoms with Crippen LogP contribution in [0.4, 0.5) is 0 Å². The van der Waals surface area contributed by atoms with E-state index >= 15 is 0 Å². The molecule has 1 saturated heterocycles. The van der Waals surface area contributed by atoms with Gasteiger partial charge in [0.1, 0.15) is 0 Å². The molecule has 0 N–H and O–H groups in total. The van der Waals surface area contributed by atoms with Crippen molar-refractivity contribution < 1.29 is 9.53 Å². The minimum Gasteiger partial charge on any atom is -0.465 e. The molecule has 0 saturated carbocycles. The van der Waals surface area contributed by atoms with Crippen molar-refractivity contribution >= 4 is 17.6 Å². The summed E-state index contributed by atoms with van der Waals surface area (Å²) in [7, 11) is 1.41. The summed E-state index contributed by atoms with van der Waals surface area (Å²) in [6.45, 7) is 9.16. The molecular formula is C23H28ClNO2. The minimum atomic E-state index is -0.296. The van der Waals surface area contributed by atoms with Crippen molar-refractivity contribution in [1.82, 2.24) is 4.90 Å². The average molecular weight is 386 g/mol. The molecule has 144 valence electrons. The summed E-state index contributed by atoms with van der Waals surface area (Å²) in [6.07, 6.45) is 0.963. The fourth-order valence-corrected chi connectivity index (χ4v) is 4.72. The molecule has 0 spiro atoms. The van der Waals surface area contributed by atoms with Gasteiger partial charge in [-0.15, -0.1) is 0 Å². The van der Waals surface area contributed by atoms with Crippen LogP contribution in [0.1, 0.15) is 55.2 Å². The molecular weight excluding hydrogens is 358 g/mol. The zero-order valence-electron chi connectivity index (χ0n) is 16.7. The number of ether oxygens (including phenoxy) is 1. The second-order valence-corrected chi connectivity index (χ2v) is 8.59. The summed E-state index contributed by atoms with van der Waals surface area (Å²) in [5.74, 6) is 0.181. The number of halogens is 1. The minimum absolute atomic E-state index is 0.0967. The van der Waals surface area contributed by atoms with Gasteiger partial charge in [0.15, 0.2) is 0 Å². The van der Waals surface area contributed by atoms with Crippen LogP contribution in [0.3, 0.4) is 0 Å². The summed E-state index contributed by atoms with van der Waals surface area (Å²) < 4.78 is 4.79. The highest BCUT2D eigenvalue weighted by Gasteiger charge is 2.55. The maximum Gasteiger partial charge on any atom is 0.337 e. The molecule has 3 rings (SSSR count). The van der Waals surface area contributed by atoms with E-state index in [0.29, 0.717) is 23.6 Å². The van der Waals surface area contributed by atoms with Gasteiger partial charge in [-0.25, -0.2) is 4.79 Å². The van der Waals surface area contributed by atoms with Crippen LogP contribution in [0.25, 0.3) is 0 Å². The van der Waals surface area contributed by atoms with Gasteiger partial charge in [0.2, 0.25) is 0 Å². The quantitative estimate of drug-likeness (QED) is 0.634. The van der Waals surface area contributed by atoms with Crippen LogP contribution >= 0.6 is 11.6 Å². The Morgan fingerprint density at radius 2 is 1.70 bits per heavy atom. The average Bonchev–Trinajstić information content (AvgIpc) is 2.64. The first kappa shape index (κ1) is 19.9. The fraction of sp³-hybridized carbons (Fsp3) is 0.435. The van der Waals surface area contributed by atoms with E-state index < -0.39 is 0 Å². The lowest BCUT2D eigenvalue weighted by atomic mass is 9.64. The van der Waals surface area contributed by atoms with Gasteiger partial charge < -0.3 is 4.74 Å². The van der Waals surface area contributed by atoms with Crippen LogP contribution in [-0.2, 0) is 11.2 Å². The largest absolute Gasteiger partial charge is 0.465 e. The Hall–Kier alpha value is -1.84. The molecule has 0 radical (unpaired) electrons. The van der Waals surface area contributed by atoms with E-state index in [-0.39, 0.29) is 11.5 Å². The predicted molar refractivity (Wildman–Crippen MR) is 110 cm³/mol. The van der Waals surface area contributed by atoms with E-state index in [2.05, 4.69) is 44.7 Å². The third-order valence-electron chi connectivity index (χ3n) is 5.85. The van der Waals surface area contributed by atoms with Crippen LogP contribution in [-0.4, -0.2) is 29.6 Å². The highest BCUT2D eigenvalue weighted by Crippen LogP contribution is 2.53. The van der Waals surface area contributed by atoms with Crippen LogP contribution in [0.5, 0.6) is 0 Å². The van der Waals surface area contributed by atoms with Gasteiger partial charge in [-0.1, -0.05) is 35.9 Å². The van der Waals surface area contributed by atoms with Crippen LogP contribution in [0, 0.1) is 5.92 Å². The number of rotatable bonds is 5. The molecule has 2 atom stereocenters. The standard InChI is InChI=1S/C23H28ClNO2/c1-15(2)25-21(17-10-12-19(24)13-11-17)20(23(25,3)4)14-16-6-8-18(9-7-16)22(26)27-5/h6-13,15,20-21H,14H2,1-5H3. The fourth-order valence-electron chi connectivity index (χ4n) is 4.60. The topological polar surface area (TPSA) is 29.5 Å². The first-order chi connectivity index (χ1) is 12.8. The van der Waals surface area contributed by atoms with Crippen molar-refractivity contribution in [1.29, 1.82) is 0 Å². The van der Waals surface area contributed by atoms with Crippen LogP contribution in [0.15, 0.2) is 48.5 Å². The van der Waals surface area contributed by atoms with E-state index in [9.17, 15) is 4.79 Å². The zero-order valence-corrected chi connectivity index (χ0v) is 17.5. The Bertz CT molecular complexity index is 796. The third-order valence-corrected chi connectivity index (χ3v) is 6.10. The SMILES string of the molecule is COC(=O)c1ccc(CC2C(c3ccc(Cl)cc3)N(C(C)C)C2(C)C)cc1. The number of methoxy groups -OCH3 is 1. The molecule has 2 aromatic carbocycles. The molecule has 1 heterocycles. The van der Waals surface area contributed by atoms with Gasteiger partial charge in [0.05, 0.1) is 12.7 Å². The number of hydrogen-bond donors (Lipinski definition) is 0. The van der Waals surface area contributed by atoms with Crippen LogP contribution in [0.2, 0.25) is 5.02 Å². The van der Waals surface area contributed by atoms with Gasteiger partial charge >= 0.3 is 5.97 Å². The smallest absolute Gasteiger partial charge is 0.337 e. The van der Waals surface area contributed by atoms with Crippen molar-refractivity contribution in [3.63, 3.8) is 0 Å².